The fraction of sp³-hybridized carbons (Fsp3) is 0.931. The van der Waals surface area contributed by atoms with Gasteiger partial charge < -0.3 is 9.47 Å². The maximum Gasteiger partial charge on any atom is 0.305 e. The third-order valence-electron chi connectivity index (χ3n) is 6.65. The molecule has 0 aliphatic heterocycles. The zero-order valence-corrected chi connectivity index (χ0v) is 22.6. The van der Waals surface area contributed by atoms with Crippen LogP contribution < -0.4 is 0 Å². The van der Waals surface area contributed by atoms with E-state index in [2.05, 4.69) is 20.8 Å². The molecule has 4 nitrogen and oxygen atoms in total. The zero-order chi connectivity index (χ0) is 24.6. The van der Waals surface area contributed by atoms with Crippen LogP contribution in [0.5, 0.6) is 0 Å². The largest absolute Gasteiger partial charge is 0.465 e. The van der Waals surface area contributed by atoms with E-state index in [1.807, 2.05) is 6.92 Å². The number of unbranched alkanes of at least 4 members (excludes halogenated alkanes) is 11. The normalized spacial score (nSPS) is 13.0. The first-order chi connectivity index (χ1) is 16.1. The van der Waals surface area contributed by atoms with Crippen LogP contribution in [0.4, 0.5) is 0 Å². The molecule has 0 bridgehead atoms. The lowest BCUT2D eigenvalue weighted by Gasteiger charge is -2.17. The Morgan fingerprint density at radius 2 is 1.15 bits per heavy atom. The van der Waals surface area contributed by atoms with E-state index in [0.717, 1.165) is 38.5 Å². The molecule has 196 valence electrons. The van der Waals surface area contributed by atoms with Crippen LogP contribution in [0, 0.1) is 5.92 Å². The number of carbonyl (C=O) groups excluding carboxylic acids is 2. The molecule has 0 saturated heterocycles. The van der Waals surface area contributed by atoms with Gasteiger partial charge in [0, 0.05) is 12.8 Å². The first-order valence-corrected chi connectivity index (χ1v) is 14.4. The molecule has 4 heteroatoms. The zero-order valence-electron chi connectivity index (χ0n) is 22.6. The van der Waals surface area contributed by atoms with Crippen LogP contribution in [0.1, 0.15) is 156 Å². The average Bonchev–Trinajstić information content (AvgIpc) is 2.82. The maximum atomic E-state index is 11.9. The Labute approximate surface area is 206 Å². The van der Waals surface area contributed by atoms with E-state index >= 15 is 0 Å². The Bertz CT molecular complexity index is 449. The van der Waals surface area contributed by atoms with E-state index in [9.17, 15) is 9.59 Å². The summed E-state index contributed by atoms with van der Waals surface area (Å²) >= 11 is 0. The Morgan fingerprint density at radius 3 is 1.70 bits per heavy atom. The first-order valence-electron chi connectivity index (χ1n) is 14.4. The highest BCUT2D eigenvalue weighted by molar-refractivity contribution is 5.69. The average molecular weight is 469 g/mol. The first kappa shape index (κ1) is 31.9. The second-order valence-electron chi connectivity index (χ2n) is 9.78. The van der Waals surface area contributed by atoms with Crippen molar-refractivity contribution >= 4 is 11.9 Å². The van der Waals surface area contributed by atoms with Crippen LogP contribution in [-0.2, 0) is 19.1 Å². The Hall–Kier alpha value is -1.06. The number of rotatable bonds is 24. The van der Waals surface area contributed by atoms with Crippen molar-refractivity contribution in [1.82, 2.24) is 0 Å². The van der Waals surface area contributed by atoms with E-state index in [1.54, 1.807) is 0 Å². The van der Waals surface area contributed by atoms with Crippen molar-refractivity contribution in [2.45, 2.75) is 162 Å². The van der Waals surface area contributed by atoms with Crippen molar-refractivity contribution in [2.24, 2.45) is 5.92 Å². The SMILES string of the molecule is CCCCCC[C@@H](CCCCCCCCCCC(=O)OC[C@@H](CC)CCCC)OC(=O)CC. The lowest BCUT2D eigenvalue weighted by atomic mass is 10.0. The predicted molar refractivity (Wildman–Crippen MR) is 139 cm³/mol. The summed E-state index contributed by atoms with van der Waals surface area (Å²) in [6, 6.07) is 0. The highest BCUT2D eigenvalue weighted by atomic mass is 16.5. The van der Waals surface area contributed by atoms with E-state index in [1.165, 1.54) is 77.0 Å². The van der Waals surface area contributed by atoms with Gasteiger partial charge >= 0.3 is 11.9 Å². The van der Waals surface area contributed by atoms with Gasteiger partial charge in [-0.05, 0) is 44.4 Å². The van der Waals surface area contributed by atoms with Crippen molar-refractivity contribution in [3.8, 4) is 0 Å². The standard InChI is InChI=1S/C29H56O4/c1-5-9-11-18-22-27(33-28(30)8-4)23-19-16-14-12-13-15-17-20-24-29(31)32-25-26(7-3)21-10-6-2/h26-27H,5-25H2,1-4H3/t26-,27-/m0/s1. The maximum absolute atomic E-state index is 11.9. The summed E-state index contributed by atoms with van der Waals surface area (Å²) in [7, 11) is 0. The number of hydrogen-bond acceptors (Lipinski definition) is 4. The summed E-state index contributed by atoms with van der Waals surface area (Å²) in [6.07, 6.45) is 22.2. The number of ether oxygens (including phenoxy) is 2. The molecule has 0 amide bonds. The van der Waals surface area contributed by atoms with Gasteiger partial charge in [-0.1, -0.05) is 105 Å². The summed E-state index contributed by atoms with van der Waals surface area (Å²) in [4.78, 5) is 23.6. The van der Waals surface area contributed by atoms with Crippen molar-refractivity contribution in [3.05, 3.63) is 0 Å². The molecular formula is C29H56O4. The number of hydrogen-bond donors (Lipinski definition) is 0. The molecule has 0 radical (unpaired) electrons. The van der Waals surface area contributed by atoms with Crippen molar-refractivity contribution in [2.75, 3.05) is 6.61 Å². The molecule has 0 spiro atoms. The van der Waals surface area contributed by atoms with E-state index < -0.39 is 0 Å². The van der Waals surface area contributed by atoms with Crippen LogP contribution in [0.15, 0.2) is 0 Å². The van der Waals surface area contributed by atoms with Crippen molar-refractivity contribution in [1.29, 1.82) is 0 Å². The van der Waals surface area contributed by atoms with Crippen LogP contribution in [0.2, 0.25) is 0 Å². The molecule has 0 fully saturated rings. The summed E-state index contributed by atoms with van der Waals surface area (Å²) in [5.41, 5.74) is 0. The molecule has 0 saturated carbocycles. The monoisotopic (exact) mass is 468 g/mol. The van der Waals surface area contributed by atoms with Gasteiger partial charge in [-0.25, -0.2) is 0 Å². The Kier molecular flexibility index (Phi) is 23.3. The van der Waals surface area contributed by atoms with Crippen LogP contribution in [0.3, 0.4) is 0 Å². The molecule has 0 N–H and O–H groups in total. The highest BCUT2D eigenvalue weighted by Gasteiger charge is 2.13. The third kappa shape index (κ3) is 21.2. The molecule has 0 aromatic rings. The second-order valence-corrected chi connectivity index (χ2v) is 9.78. The predicted octanol–water partition coefficient (Wildman–Crippen LogP) is 8.94. The Balaban J connectivity index is 3.68. The number of esters is 2. The third-order valence-corrected chi connectivity index (χ3v) is 6.65. The number of carbonyl (C=O) groups is 2. The molecule has 0 aromatic carbocycles. The van der Waals surface area contributed by atoms with Gasteiger partial charge in [0.2, 0.25) is 0 Å². The molecule has 0 aliphatic rings. The lowest BCUT2D eigenvalue weighted by Crippen LogP contribution is -2.17. The quantitative estimate of drug-likeness (QED) is 0.105. The van der Waals surface area contributed by atoms with Crippen LogP contribution in [-0.4, -0.2) is 24.6 Å². The van der Waals surface area contributed by atoms with E-state index in [-0.39, 0.29) is 18.0 Å². The lowest BCUT2D eigenvalue weighted by molar-refractivity contribution is -0.149. The van der Waals surface area contributed by atoms with Crippen LogP contribution >= 0.6 is 0 Å². The van der Waals surface area contributed by atoms with Gasteiger partial charge in [0.05, 0.1) is 6.61 Å². The van der Waals surface area contributed by atoms with Crippen molar-refractivity contribution < 1.29 is 19.1 Å². The fourth-order valence-electron chi connectivity index (χ4n) is 4.21. The highest BCUT2D eigenvalue weighted by Crippen LogP contribution is 2.18. The van der Waals surface area contributed by atoms with Gasteiger partial charge in [-0.15, -0.1) is 0 Å². The van der Waals surface area contributed by atoms with E-state index in [0.29, 0.717) is 25.4 Å². The summed E-state index contributed by atoms with van der Waals surface area (Å²) in [5, 5.41) is 0. The van der Waals surface area contributed by atoms with Gasteiger partial charge in [0.25, 0.3) is 0 Å². The molecule has 0 rings (SSSR count). The van der Waals surface area contributed by atoms with Crippen molar-refractivity contribution in [3.63, 3.8) is 0 Å². The second kappa shape index (κ2) is 24.1. The molecule has 0 heterocycles. The smallest absolute Gasteiger partial charge is 0.305 e. The minimum absolute atomic E-state index is 0.0158. The minimum Gasteiger partial charge on any atom is -0.465 e. The molecule has 0 unspecified atom stereocenters. The van der Waals surface area contributed by atoms with Gasteiger partial charge in [0.15, 0.2) is 0 Å². The van der Waals surface area contributed by atoms with Gasteiger partial charge in [-0.3, -0.25) is 9.59 Å². The molecule has 33 heavy (non-hydrogen) atoms. The molecular weight excluding hydrogens is 412 g/mol. The summed E-state index contributed by atoms with van der Waals surface area (Å²) in [6.45, 7) is 9.09. The van der Waals surface area contributed by atoms with E-state index in [4.69, 9.17) is 9.47 Å². The fourth-order valence-corrected chi connectivity index (χ4v) is 4.21. The minimum atomic E-state index is -0.0546. The molecule has 0 aliphatic carbocycles. The Morgan fingerprint density at radius 1 is 0.606 bits per heavy atom. The summed E-state index contributed by atoms with van der Waals surface area (Å²) < 4.78 is 11.1. The summed E-state index contributed by atoms with van der Waals surface area (Å²) in [5.74, 6) is 0.461. The van der Waals surface area contributed by atoms with Gasteiger partial charge in [0.1, 0.15) is 6.10 Å². The molecule has 2 atom stereocenters. The van der Waals surface area contributed by atoms with Crippen LogP contribution in [0.25, 0.3) is 0 Å². The van der Waals surface area contributed by atoms with Gasteiger partial charge in [-0.2, -0.15) is 0 Å². The topological polar surface area (TPSA) is 52.6 Å². The molecule has 0 aromatic heterocycles.